The van der Waals surface area contributed by atoms with Gasteiger partial charge in [-0.1, -0.05) is 26.1 Å². The van der Waals surface area contributed by atoms with Crippen LogP contribution in [-0.4, -0.2) is 20.9 Å². The van der Waals surface area contributed by atoms with Gasteiger partial charge in [-0.3, -0.25) is 4.79 Å². The molecule has 0 fully saturated rings. The number of nitrogens with two attached hydrogens (primary N) is 1. The second kappa shape index (κ2) is 5.67. The molecule has 17 heavy (non-hydrogen) atoms. The Balaban J connectivity index is 2.91. The molecule has 5 nitrogen and oxygen atoms in total. The van der Waals surface area contributed by atoms with Crippen LogP contribution in [0, 0.1) is 5.41 Å². The minimum Gasteiger partial charge on any atom is -0.392 e. The van der Waals surface area contributed by atoms with Gasteiger partial charge in [0.05, 0.1) is 28.5 Å². The van der Waals surface area contributed by atoms with E-state index in [4.69, 9.17) is 18.0 Å². The fourth-order valence-corrected chi connectivity index (χ4v) is 2.03. The molecule has 0 bridgehead atoms. The number of aromatic nitrogens is 2. The Kier molecular flexibility index (Phi) is 4.51. The van der Waals surface area contributed by atoms with Crippen molar-refractivity contribution < 1.29 is 4.79 Å². The lowest BCUT2D eigenvalue weighted by atomic mass is 9.81. The van der Waals surface area contributed by atoms with E-state index in [0.717, 1.165) is 0 Å². The van der Waals surface area contributed by atoms with Gasteiger partial charge in [0.25, 0.3) is 0 Å². The Hall–Kier alpha value is -1.56. The molecule has 0 aromatic carbocycles. The van der Waals surface area contributed by atoms with Crippen molar-refractivity contribution in [1.29, 1.82) is 0 Å². The molecule has 0 radical (unpaired) electrons. The van der Waals surface area contributed by atoms with Crippen LogP contribution in [0.1, 0.15) is 26.7 Å². The second-order valence-corrected chi connectivity index (χ2v) is 4.17. The van der Waals surface area contributed by atoms with E-state index in [9.17, 15) is 4.79 Å². The first-order valence-electron chi connectivity index (χ1n) is 5.43. The maximum atomic E-state index is 12.2. The largest absolute Gasteiger partial charge is 0.392 e. The number of anilines is 1. The number of nitrogens with one attached hydrogen (secondary N) is 1. The zero-order valence-corrected chi connectivity index (χ0v) is 10.8. The maximum absolute atomic E-state index is 12.2. The fourth-order valence-electron chi connectivity index (χ4n) is 1.65. The van der Waals surface area contributed by atoms with Gasteiger partial charge in [-0.25, -0.2) is 9.97 Å². The SMILES string of the molecule is CCC(CC)(C(=O)Nc1cncnc1)C(N)=S. The third kappa shape index (κ3) is 2.76. The average Bonchev–Trinajstić information content (AvgIpc) is 2.32. The van der Waals surface area contributed by atoms with Gasteiger partial charge in [-0.05, 0) is 12.8 Å². The maximum Gasteiger partial charge on any atom is 0.237 e. The first-order valence-corrected chi connectivity index (χ1v) is 5.84. The monoisotopic (exact) mass is 252 g/mol. The van der Waals surface area contributed by atoms with Crippen LogP contribution in [0.5, 0.6) is 0 Å². The lowest BCUT2D eigenvalue weighted by Gasteiger charge is -2.28. The number of amides is 1. The van der Waals surface area contributed by atoms with Gasteiger partial charge in [0.1, 0.15) is 6.33 Å². The van der Waals surface area contributed by atoms with E-state index in [2.05, 4.69) is 15.3 Å². The van der Waals surface area contributed by atoms with Crippen molar-refractivity contribution in [2.45, 2.75) is 26.7 Å². The van der Waals surface area contributed by atoms with Crippen LogP contribution in [-0.2, 0) is 4.79 Å². The number of carbonyl (C=O) groups is 1. The molecule has 1 aromatic heterocycles. The number of nitrogens with zero attached hydrogens (tertiary/aromatic N) is 2. The van der Waals surface area contributed by atoms with Crippen molar-refractivity contribution in [3.8, 4) is 0 Å². The molecule has 0 saturated heterocycles. The molecule has 0 atom stereocenters. The molecule has 0 saturated carbocycles. The van der Waals surface area contributed by atoms with Crippen LogP contribution in [0.2, 0.25) is 0 Å². The fraction of sp³-hybridized carbons (Fsp3) is 0.455. The van der Waals surface area contributed by atoms with Crippen molar-refractivity contribution in [3.63, 3.8) is 0 Å². The van der Waals surface area contributed by atoms with Crippen molar-refractivity contribution in [2.24, 2.45) is 11.1 Å². The van der Waals surface area contributed by atoms with E-state index in [-0.39, 0.29) is 10.9 Å². The van der Waals surface area contributed by atoms with E-state index in [1.54, 1.807) is 0 Å². The quantitative estimate of drug-likeness (QED) is 0.776. The molecular formula is C11H16N4OS. The predicted octanol–water partition coefficient (Wildman–Crippen LogP) is 1.51. The summed E-state index contributed by atoms with van der Waals surface area (Å²) in [6.45, 7) is 3.79. The van der Waals surface area contributed by atoms with E-state index < -0.39 is 5.41 Å². The number of thiocarbonyl (C=S) groups is 1. The molecule has 6 heteroatoms. The van der Waals surface area contributed by atoms with Crippen LogP contribution < -0.4 is 11.1 Å². The van der Waals surface area contributed by atoms with Gasteiger partial charge in [-0.15, -0.1) is 0 Å². The number of hydrogen-bond acceptors (Lipinski definition) is 4. The standard InChI is InChI=1S/C11H16N4OS/c1-3-11(4-2,9(12)17)10(16)15-8-5-13-7-14-6-8/h5-7H,3-4H2,1-2H3,(H2,12,17)(H,15,16). The van der Waals surface area contributed by atoms with Crippen molar-refractivity contribution in [2.75, 3.05) is 5.32 Å². The molecule has 1 amide bonds. The number of rotatable bonds is 5. The van der Waals surface area contributed by atoms with Crippen LogP contribution in [0.15, 0.2) is 18.7 Å². The van der Waals surface area contributed by atoms with E-state index in [1.807, 2.05) is 13.8 Å². The van der Waals surface area contributed by atoms with E-state index in [0.29, 0.717) is 18.5 Å². The van der Waals surface area contributed by atoms with Crippen LogP contribution >= 0.6 is 12.2 Å². The zero-order chi connectivity index (χ0) is 12.9. The Morgan fingerprint density at radius 2 is 1.94 bits per heavy atom. The molecule has 0 spiro atoms. The third-order valence-corrected chi connectivity index (χ3v) is 3.32. The van der Waals surface area contributed by atoms with E-state index in [1.165, 1.54) is 18.7 Å². The van der Waals surface area contributed by atoms with Crippen molar-refractivity contribution in [1.82, 2.24) is 9.97 Å². The van der Waals surface area contributed by atoms with E-state index >= 15 is 0 Å². The second-order valence-electron chi connectivity index (χ2n) is 3.73. The molecule has 1 rings (SSSR count). The summed E-state index contributed by atoms with van der Waals surface area (Å²) in [6, 6.07) is 0. The summed E-state index contributed by atoms with van der Waals surface area (Å²) < 4.78 is 0. The highest BCUT2D eigenvalue weighted by molar-refractivity contribution is 7.80. The summed E-state index contributed by atoms with van der Waals surface area (Å²) in [5.74, 6) is -0.204. The summed E-state index contributed by atoms with van der Waals surface area (Å²) in [4.78, 5) is 20.1. The average molecular weight is 252 g/mol. The summed E-state index contributed by atoms with van der Waals surface area (Å²) in [5.41, 5.74) is 5.43. The molecule has 0 aliphatic rings. The first kappa shape index (κ1) is 13.5. The van der Waals surface area contributed by atoms with Crippen LogP contribution in [0.25, 0.3) is 0 Å². The van der Waals surface area contributed by atoms with Crippen LogP contribution in [0.4, 0.5) is 5.69 Å². The predicted molar refractivity (Wildman–Crippen MR) is 70.5 cm³/mol. The first-order chi connectivity index (χ1) is 8.06. The number of hydrogen-bond donors (Lipinski definition) is 2. The molecule has 0 aliphatic heterocycles. The van der Waals surface area contributed by atoms with Gasteiger partial charge in [0, 0.05) is 0 Å². The van der Waals surface area contributed by atoms with Crippen molar-refractivity contribution >= 4 is 28.8 Å². The van der Waals surface area contributed by atoms with Crippen LogP contribution in [0.3, 0.4) is 0 Å². The third-order valence-electron chi connectivity index (χ3n) is 2.93. The molecular weight excluding hydrogens is 236 g/mol. The minimum atomic E-state index is -0.800. The van der Waals surface area contributed by atoms with Gasteiger partial charge >= 0.3 is 0 Å². The molecule has 1 heterocycles. The van der Waals surface area contributed by atoms with Crippen molar-refractivity contribution in [3.05, 3.63) is 18.7 Å². The molecule has 0 aliphatic carbocycles. The summed E-state index contributed by atoms with van der Waals surface area (Å²) >= 11 is 5.01. The normalized spacial score (nSPS) is 10.9. The summed E-state index contributed by atoms with van der Waals surface area (Å²) in [6.07, 6.45) is 5.59. The molecule has 92 valence electrons. The topological polar surface area (TPSA) is 80.9 Å². The highest BCUT2D eigenvalue weighted by atomic mass is 32.1. The van der Waals surface area contributed by atoms with Gasteiger partial charge < -0.3 is 11.1 Å². The molecule has 0 unspecified atom stereocenters. The van der Waals surface area contributed by atoms with Gasteiger partial charge in [-0.2, -0.15) is 0 Å². The minimum absolute atomic E-state index is 0.204. The van der Waals surface area contributed by atoms with Gasteiger partial charge in [0.2, 0.25) is 5.91 Å². The lowest BCUT2D eigenvalue weighted by Crippen LogP contribution is -2.45. The molecule has 3 N–H and O–H groups in total. The Morgan fingerprint density at radius 3 is 2.35 bits per heavy atom. The Labute approximate surface area is 106 Å². The summed E-state index contributed by atoms with van der Waals surface area (Å²) in [5, 5.41) is 2.73. The zero-order valence-electron chi connectivity index (χ0n) is 9.93. The summed E-state index contributed by atoms with van der Waals surface area (Å²) in [7, 11) is 0. The highest BCUT2D eigenvalue weighted by Crippen LogP contribution is 2.28. The molecule has 1 aromatic rings. The Bertz CT molecular complexity index is 403. The highest BCUT2D eigenvalue weighted by Gasteiger charge is 2.38. The smallest absolute Gasteiger partial charge is 0.237 e. The lowest BCUT2D eigenvalue weighted by molar-refractivity contribution is -0.122. The Morgan fingerprint density at radius 1 is 1.41 bits per heavy atom. The van der Waals surface area contributed by atoms with Gasteiger partial charge in [0.15, 0.2) is 0 Å². The number of carbonyl (C=O) groups excluding carboxylic acids is 1.